The summed E-state index contributed by atoms with van der Waals surface area (Å²) in [5, 5.41) is 9.47. The molecule has 1 aromatic carbocycles. The molecule has 0 aliphatic heterocycles. The molecule has 0 saturated heterocycles. The number of hydrogen-bond donors (Lipinski definition) is 1. The Balaban J connectivity index is 2.70. The first kappa shape index (κ1) is 12.5. The van der Waals surface area contributed by atoms with Gasteiger partial charge in [-0.05, 0) is 44.4 Å². The minimum absolute atomic E-state index is 0.929. The van der Waals surface area contributed by atoms with Gasteiger partial charge in [-0.3, -0.25) is 0 Å². The van der Waals surface area contributed by atoms with Crippen molar-refractivity contribution in [2.24, 2.45) is 0 Å². The molecule has 1 aromatic rings. The lowest BCUT2D eigenvalue weighted by molar-refractivity contribution is 0.143. The molecule has 0 radical (unpaired) electrons. The van der Waals surface area contributed by atoms with Crippen LogP contribution in [0.3, 0.4) is 0 Å². The molecule has 0 heterocycles. The number of benzene rings is 1. The van der Waals surface area contributed by atoms with E-state index < -0.39 is 5.60 Å². The number of hydrogen-bond acceptors (Lipinski definition) is 1. The summed E-state index contributed by atoms with van der Waals surface area (Å²) in [5.74, 6) is 5.74. The highest BCUT2D eigenvalue weighted by Crippen LogP contribution is 2.07. The summed E-state index contributed by atoms with van der Waals surface area (Å²) in [5.41, 5.74) is 1.29. The summed E-state index contributed by atoms with van der Waals surface area (Å²) in [6, 6.07) is 8.10. The SMILES string of the molecule is C=CCCc1ccc(C#CC(C)(C)O)cc1. The van der Waals surface area contributed by atoms with Gasteiger partial charge in [0.05, 0.1) is 0 Å². The van der Waals surface area contributed by atoms with Crippen LogP contribution in [0, 0.1) is 11.8 Å². The molecule has 1 N–H and O–H groups in total. The van der Waals surface area contributed by atoms with Crippen LogP contribution in [0.4, 0.5) is 0 Å². The van der Waals surface area contributed by atoms with Gasteiger partial charge in [-0.25, -0.2) is 0 Å². The molecule has 0 fully saturated rings. The predicted molar refractivity (Wildman–Crippen MR) is 68.1 cm³/mol. The van der Waals surface area contributed by atoms with Gasteiger partial charge in [0.15, 0.2) is 0 Å². The molecule has 0 aliphatic rings. The van der Waals surface area contributed by atoms with Crippen molar-refractivity contribution in [3.05, 3.63) is 48.0 Å². The maximum absolute atomic E-state index is 9.47. The summed E-state index contributed by atoms with van der Waals surface area (Å²) in [6.07, 6.45) is 3.93. The zero-order valence-electron chi connectivity index (χ0n) is 9.96. The monoisotopic (exact) mass is 214 g/mol. The predicted octanol–water partition coefficient (Wildman–Crippen LogP) is 2.93. The standard InChI is InChI=1S/C15H18O/c1-4-5-6-13-7-9-14(10-8-13)11-12-15(2,3)16/h4,7-10,16H,1,5-6H2,2-3H3. The number of aryl methyl sites for hydroxylation is 1. The van der Waals surface area contributed by atoms with Crippen molar-refractivity contribution in [3.63, 3.8) is 0 Å². The number of allylic oxidation sites excluding steroid dienone is 1. The summed E-state index contributed by atoms with van der Waals surface area (Å²) in [7, 11) is 0. The van der Waals surface area contributed by atoms with Crippen molar-refractivity contribution < 1.29 is 5.11 Å². The van der Waals surface area contributed by atoms with Gasteiger partial charge in [0, 0.05) is 5.56 Å². The highest BCUT2D eigenvalue weighted by molar-refractivity contribution is 5.37. The smallest absolute Gasteiger partial charge is 0.120 e. The topological polar surface area (TPSA) is 20.2 Å². The van der Waals surface area contributed by atoms with E-state index in [-0.39, 0.29) is 0 Å². The fourth-order valence-electron chi connectivity index (χ4n) is 1.25. The molecule has 16 heavy (non-hydrogen) atoms. The fraction of sp³-hybridized carbons (Fsp3) is 0.333. The molecule has 0 spiro atoms. The van der Waals surface area contributed by atoms with E-state index in [1.54, 1.807) is 13.8 Å². The third-order valence-electron chi connectivity index (χ3n) is 2.10. The highest BCUT2D eigenvalue weighted by atomic mass is 16.3. The first-order chi connectivity index (χ1) is 7.51. The van der Waals surface area contributed by atoms with Crippen LogP contribution >= 0.6 is 0 Å². The molecule has 0 bridgehead atoms. The molecule has 0 unspecified atom stereocenters. The van der Waals surface area contributed by atoms with Gasteiger partial charge in [0.2, 0.25) is 0 Å². The fourth-order valence-corrected chi connectivity index (χ4v) is 1.25. The Morgan fingerprint density at radius 3 is 2.44 bits per heavy atom. The van der Waals surface area contributed by atoms with Crippen LogP contribution in [0.15, 0.2) is 36.9 Å². The van der Waals surface area contributed by atoms with Gasteiger partial charge in [-0.15, -0.1) is 6.58 Å². The Morgan fingerprint density at radius 2 is 1.94 bits per heavy atom. The zero-order valence-corrected chi connectivity index (χ0v) is 9.96. The molecule has 1 heteroatoms. The molecule has 84 valence electrons. The molecule has 0 aliphatic carbocycles. The number of aliphatic hydroxyl groups is 1. The van der Waals surface area contributed by atoms with Crippen LogP contribution in [0.1, 0.15) is 31.4 Å². The lowest BCUT2D eigenvalue weighted by Gasteiger charge is -2.06. The quantitative estimate of drug-likeness (QED) is 0.606. The van der Waals surface area contributed by atoms with Crippen molar-refractivity contribution in [3.8, 4) is 11.8 Å². The Hall–Kier alpha value is -1.52. The van der Waals surface area contributed by atoms with Crippen LogP contribution in [-0.2, 0) is 6.42 Å². The minimum Gasteiger partial charge on any atom is -0.378 e. The van der Waals surface area contributed by atoms with Crippen molar-refractivity contribution >= 4 is 0 Å². The van der Waals surface area contributed by atoms with Crippen LogP contribution in [-0.4, -0.2) is 10.7 Å². The lowest BCUT2D eigenvalue weighted by Crippen LogP contribution is -2.14. The maximum Gasteiger partial charge on any atom is 0.120 e. The Labute approximate surface area is 97.8 Å². The van der Waals surface area contributed by atoms with E-state index >= 15 is 0 Å². The van der Waals surface area contributed by atoms with Crippen molar-refractivity contribution in [1.82, 2.24) is 0 Å². The minimum atomic E-state index is -0.929. The van der Waals surface area contributed by atoms with Crippen molar-refractivity contribution in [1.29, 1.82) is 0 Å². The third kappa shape index (κ3) is 4.82. The first-order valence-corrected chi connectivity index (χ1v) is 5.47. The van der Waals surface area contributed by atoms with Gasteiger partial charge >= 0.3 is 0 Å². The summed E-state index contributed by atoms with van der Waals surface area (Å²) in [4.78, 5) is 0. The maximum atomic E-state index is 9.47. The molecule has 1 rings (SSSR count). The highest BCUT2D eigenvalue weighted by Gasteiger charge is 2.05. The van der Waals surface area contributed by atoms with Crippen molar-refractivity contribution in [2.75, 3.05) is 0 Å². The third-order valence-corrected chi connectivity index (χ3v) is 2.10. The normalized spacial score (nSPS) is 10.4. The van der Waals surface area contributed by atoms with E-state index in [0.717, 1.165) is 18.4 Å². The summed E-state index contributed by atoms with van der Waals surface area (Å²) >= 11 is 0. The van der Waals surface area contributed by atoms with E-state index in [1.807, 2.05) is 18.2 Å². The van der Waals surface area contributed by atoms with Crippen LogP contribution in [0.5, 0.6) is 0 Å². The first-order valence-electron chi connectivity index (χ1n) is 5.47. The van der Waals surface area contributed by atoms with E-state index in [0.29, 0.717) is 0 Å². The molecular formula is C15H18O. The van der Waals surface area contributed by atoms with Crippen LogP contribution < -0.4 is 0 Å². The second kappa shape index (κ2) is 5.53. The van der Waals surface area contributed by atoms with Crippen molar-refractivity contribution in [2.45, 2.75) is 32.3 Å². The Kier molecular flexibility index (Phi) is 4.34. The van der Waals surface area contributed by atoms with Crippen LogP contribution in [0.2, 0.25) is 0 Å². The van der Waals surface area contributed by atoms with Gasteiger partial charge in [-0.1, -0.05) is 30.0 Å². The number of rotatable bonds is 3. The van der Waals surface area contributed by atoms with Gasteiger partial charge < -0.3 is 5.11 Å². The molecule has 1 nitrogen and oxygen atoms in total. The molecule has 0 atom stereocenters. The molecule has 0 aromatic heterocycles. The van der Waals surface area contributed by atoms with E-state index in [2.05, 4.69) is 30.6 Å². The van der Waals surface area contributed by atoms with E-state index in [9.17, 15) is 5.11 Å². The van der Waals surface area contributed by atoms with E-state index in [1.165, 1.54) is 5.56 Å². The summed E-state index contributed by atoms with van der Waals surface area (Å²) < 4.78 is 0. The zero-order chi connectivity index (χ0) is 12.0. The molecule has 0 saturated carbocycles. The van der Waals surface area contributed by atoms with Gasteiger partial charge in [0.25, 0.3) is 0 Å². The molecule has 0 amide bonds. The van der Waals surface area contributed by atoms with Gasteiger partial charge in [-0.2, -0.15) is 0 Å². The second-order valence-corrected chi connectivity index (χ2v) is 4.33. The second-order valence-electron chi connectivity index (χ2n) is 4.33. The largest absolute Gasteiger partial charge is 0.378 e. The molecular weight excluding hydrogens is 196 g/mol. The van der Waals surface area contributed by atoms with Gasteiger partial charge in [0.1, 0.15) is 5.60 Å². The average molecular weight is 214 g/mol. The summed E-state index contributed by atoms with van der Waals surface area (Å²) in [6.45, 7) is 7.06. The average Bonchev–Trinajstić information content (AvgIpc) is 2.24. The van der Waals surface area contributed by atoms with E-state index in [4.69, 9.17) is 0 Å². The lowest BCUT2D eigenvalue weighted by atomic mass is 10.1. The Bertz CT molecular complexity index is 396. The Morgan fingerprint density at radius 1 is 1.31 bits per heavy atom. The van der Waals surface area contributed by atoms with Crippen LogP contribution in [0.25, 0.3) is 0 Å².